The van der Waals surface area contributed by atoms with Gasteiger partial charge in [-0.2, -0.15) is 0 Å². The number of hydrogen-bond donors (Lipinski definition) is 1. The Balaban J connectivity index is 2.90. The first-order valence-electron chi connectivity index (χ1n) is 4.09. The molecule has 1 unspecified atom stereocenters. The molecule has 0 heterocycles. The van der Waals surface area contributed by atoms with Crippen molar-refractivity contribution in [3.8, 4) is 0 Å². The van der Waals surface area contributed by atoms with Crippen LogP contribution in [0.4, 0.5) is 0 Å². The zero-order valence-electron chi connectivity index (χ0n) is 7.79. The average Bonchev–Trinajstić information content (AvgIpc) is 1.96. The largest absolute Gasteiger partial charge is 0.319 e. The van der Waals surface area contributed by atoms with Crippen molar-refractivity contribution in [2.75, 3.05) is 0 Å². The molecule has 0 spiro atoms. The predicted molar refractivity (Wildman–Crippen MR) is 55.4 cm³/mol. The van der Waals surface area contributed by atoms with E-state index >= 15 is 0 Å². The van der Waals surface area contributed by atoms with Gasteiger partial charge in [0.2, 0.25) is 0 Å². The van der Waals surface area contributed by atoms with E-state index in [4.69, 9.17) is 5.73 Å². The molecule has 0 aliphatic rings. The van der Waals surface area contributed by atoms with E-state index in [-0.39, 0.29) is 5.37 Å². The van der Waals surface area contributed by atoms with Gasteiger partial charge in [-0.25, -0.2) is 0 Å². The molecule has 0 aliphatic heterocycles. The zero-order chi connectivity index (χ0) is 9.14. The summed E-state index contributed by atoms with van der Waals surface area (Å²) in [6.45, 7) is 6.22. The lowest BCUT2D eigenvalue weighted by Crippen LogP contribution is -2.09. The lowest BCUT2D eigenvalue weighted by Gasteiger charge is -2.08. The smallest absolute Gasteiger partial charge is 0.0525 e. The van der Waals surface area contributed by atoms with Gasteiger partial charge in [-0.1, -0.05) is 12.1 Å². The highest BCUT2D eigenvalue weighted by molar-refractivity contribution is 7.99. The molecule has 1 aromatic carbocycles. The second-order valence-corrected chi connectivity index (χ2v) is 4.51. The van der Waals surface area contributed by atoms with Crippen molar-refractivity contribution in [1.29, 1.82) is 0 Å². The Kier molecular flexibility index (Phi) is 3.18. The quantitative estimate of drug-likeness (QED) is 0.561. The number of aryl methyl sites for hydroxylation is 2. The van der Waals surface area contributed by atoms with E-state index in [1.807, 2.05) is 6.92 Å². The normalized spacial score (nSPS) is 13.0. The maximum absolute atomic E-state index is 5.71. The maximum Gasteiger partial charge on any atom is 0.0525 e. The summed E-state index contributed by atoms with van der Waals surface area (Å²) < 4.78 is 0. The van der Waals surface area contributed by atoms with Crippen LogP contribution >= 0.6 is 11.8 Å². The SMILES string of the molecule is Cc1ccc(C)c(SC(C)N)c1. The minimum Gasteiger partial charge on any atom is -0.319 e. The summed E-state index contributed by atoms with van der Waals surface area (Å²) in [6.07, 6.45) is 0. The van der Waals surface area contributed by atoms with Gasteiger partial charge < -0.3 is 5.73 Å². The molecular formula is C10H15NS. The van der Waals surface area contributed by atoms with E-state index in [9.17, 15) is 0 Å². The molecule has 2 N–H and O–H groups in total. The van der Waals surface area contributed by atoms with Crippen molar-refractivity contribution in [3.05, 3.63) is 29.3 Å². The minimum atomic E-state index is 0.172. The van der Waals surface area contributed by atoms with Crippen LogP contribution in [-0.2, 0) is 0 Å². The van der Waals surface area contributed by atoms with Crippen molar-refractivity contribution < 1.29 is 0 Å². The molecular weight excluding hydrogens is 166 g/mol. The van der Waals surface area contributed by atoms with E-state index in [2.05, 4.69) is 32.0 Å². The Morgan fingerprint density at radius 2 is 2.00 bits per heavy atom. The topological polar surface area (TPSA) is 26.0 Å². The number of thioether (sulfide) groups is 1. The van der Waals surface area contributed by atoms with Gasteiger partial charge >= 0.3 is 0 Å². The summed E-state index contributed by atoms with van der Waals surface area (Å²) in [7, 11) is 0. The first kappa shape index (κ1) is 9.62. The Labute approximate surface area is 78.4 Å². The predicted octanol–water partition coefficient (Wildman–Crippen LogP) is 2.70. The molecule has 0 amide bonds. The summed E-state index contributed by atoms with van der Waals surface area (Å²) in [5.74, 6) is 0. The lowest BCUT2D eigenvalue weighted by atomic mass is 10.2. The lowest BCUT2D eigenvalue weighted by molar-refractivity contribution is 1.04. The molecule has 1 nitrogen and oxygen atoms in total. The molecule has 2 heteroatoms. The Hall–Kier alpha value is -0.470. The van der Waals surface area contributed by atoms with E-state index in [1.165, 1.54) is 16.0 Å². The Morgan fingerprint density at radius 1 is 1.33 bits per heavy atom. The first-order valence-corrected chi connectivity index (χ1v) is 4.97. The third-order valence-corrected chi connectivity index (χ3v) is 2.72. The standard InChI is InChI=1S/C10H15NS/c1-7-4-5-8(2)10(6-7)12-9(3)11/h4-6,9H,11H2,1-3H3. The fourth-order valence-corrected chi connectivity index (χ4v) is 1.94. The van der Waals surface area contributed by atoms with Crippen molar-refractivity contribution in [1.82, 2.24) is 0 Å². The van der Waals surface area contributed by atoms with Crippen LogP contribution in [0.2, 0.25) is 0 Å². The van der Waals surface area contributed by atoms with Gasteiger partial charge in [-0.15, -0.1) is 11.8 Å². The first-order chi connectivity index (χ1) is 5.59. The van der Waals surface area contributed by atoms with Crippen LogP contribution in [0, 0.1) is 13.8 Å². The molecule has 0 radical (unpaired) electrons. The van der Waals surface area contributed by atoms with E-state index in [1.54, 1.807) is 11.8 Å². The summed E-state index contributed by atoms with van der Waals surface area (Å²) in [5.41, 5.74) is 8.31. The second-order valence-electron chi connectivity index (χ2n) is 3.09. The van der Waals surface area contributed by atoms with Gasteiger partial charge in [-0.3, -0.25) is 0 Å². The molecule has 0 aromatic heterocycles. The number of hydrogen-bond acceptors (Lipinski definition) is 2. The van der Waals surface area contributed by atoms with Crippen molar-refractivity contribution in [2.45, 2.75) is 31.0 Å². The highest BCUT2D eigenvalue weighted by Crippen LogP contribution is 2.25. The van der Waals surface area contributed by atoms with Crippen LogP contribution in [-0.4, -0.2) is 5.37 Å². The highest BCUT2D eigenvalue weighted by atomic mass is 32.2. The highest BCUT2D eigenvalue weighted by Gasteiger charge is 2.01. The number of benzene rings is 1. The molecule has 0 saturated carbocycles. The molecule has 1 atom stereocenters. The number of rotatable bonds is 2. The average molecular weight is 181 g/mol. The Morgan fingerprint density at radius 3 is 2.58 bits per heavy atom. The fraction of sp³-hybridized carbons (Fsp3) is 0.400. The van der Waals surface area contributed by atoms with Crippen LogP contribution in [0.3, 0.4) is 0 Å². The third-order valence-electron chi connectivity index (χ3n) is 1.66. The molecule has 0 bridgehead atoms. The van der Waals surface area contributed by atoms with Crippen LogP contribution in [0.15, 0.2) is 23.1 Å². The van der Waals surface area contributed by atoms with Crippen molar-refractivity contribution in [2.24, 2.45) is 5.73 Å². The molecule has 1 aromatic rings. The summed E-state index contributed by atoms with van der Waals surface area (Å²) in [6, 6.07) is 6.45. The second kappa shape index (κ2) is 3.97. The van der Waals surface area contributed by atoms with E-state index in [0.717, 1.165) is 0 Å². The maximum atomic E-state index is 5.71. The van der Waals surface area contributed by atoms with E-state index < -0.39 is 0 Å². The molecule has 0 saturated heterocycles. The molecule has 66 valence electrons. The van der Waals surface area contributed by atoms with Gasteiger partial charge in [0.25, 0.3) is 0 Å². The molecule has 1 rings (SSSR count). The monoisotopic (exact) mass is 181 g/mol. The van der Waals surface area contributed by atoms with Gasteiger partial charge in [0.1, 0.15) is 0 Å². The van der Waals surface area contributed by atoms with Gasteiger partial charge in [0.05, 0.1) is 5.37 Å². The summed E-state index contributed by atoms with van der Waals surface area (Å²) in [4.78, 5) is 1.30. The van der Waals surface area contributed by atoms with Gasteiger partial charge in [0, 0.05) is 4.90 Å². The van der Waals surface area contributed by atoms with Crippen LogP contribution < -0.4 is 5.73 Å². The van der Waals surface area contributed by atoms with Crippen LogP contribution in [0.25, 0.3) is 0 Å². The molecule has 0 aliphatic carbocycles. The van der Waals surface area contributed by atoms with E-state index in [0.29, 0.717) is 0 Å². The van der Waals surface area contributed by atoms with Gasteiger partial charge in [-0.05, 0) is 38.0 Å². The fourth-order valence-electron chi connectivity index (χ4n) is 1.03. The Bertz CT molecular complexity index is 269. The van der Waals surface area contributed by atoms with Crippen LogP contribution in [0.5, 0.6) is 0 Å². The summed E-state index contributed by atoms with van der Waals surface area (Å²) in [5, 5.41) is 0.172. The van der Waals surface area contributed by atoms with Crippen molar-refractivity contribution >= 4 is 11.8 Å². The van der Waals surface area contributed by atoms with Crippen molar-refractivity contribution in [3.63, 3.8) is 0 Å². The number of nitrogens with two attached hydrogens (primary N) is 1. The minimum absolute atomic E-state index is 0.172. The zero-order valence-corrected chi connectivity index (χ0v) is 8.61. The van der Waals surface area contributed by atoms with Crippen LogP contribution in [0.1, 0.15) is 18.1 Å². The van der Waals surface area contributed by atoms with Gasteiger partial charge in [0.15, 0.2) is 0 Å². The third kappa shape index (κ3) is 2.54. The molecule has 0 fully saturated rings. The summed E-state index contributed by atoms with van der Waals surface area (Å²) >= 11 is 1.72. The molecule has 12 heavy (non-hydrogen) atoms.